The molecule has 0 aliphatic rings. The van der Waals surface area contributed by atoms with Crippen LogP contribution in [0.3, 0.4) is 0 Å². The molecule has 5 nitrogen and oxygen atoms in total. The fourth-order valence-corrected chi connectivity index (χ4v) is 2.86. The predicted octanol–water partition coefficient (Wildman–Crippen LogP) is 1.84. The molecule has 4 N–H and O–H groups in total. The minimum absolute atomic E-state index is 0.0603. The number of carboxylic acids is 1. The highest BCUT2D eigenvalue weighted by Gasteiger charge is 2.27. The van der Waals surface area contributed by atoms with E-state index in [9.17, 15) is 14.3 Å². The number of aliphatic carboxylic acids is 1. The number of carboxylic acid groups (broad SMARTS) is 1. The zero-order chi connectivity index (χ0) is 12.8. The largest absolute Gasteiger partial charge is 0.481 e. The fraction of sp³-hybridized carbons (Fsp3) is 0.900. The smallest absolute Gasteiger partial charge is 0.303 e. The van der Waals surface area contributed by atoms with Crippen LogP contribution in [0.5, 0.6) is 0 Å². The van der Waals surface area contributed by atoms with E-state index in [-0.39, 0.29) is 19.0 Å². The predicted molar refractivity (Wildman–Crippen MR) is 63.6 cm³/mol. The quantitative estimate of drug-likeness (QED) is 0.571. The molecule has 0 saturated heterocycles. The molecule has 2 unspecified atom stereocenters. The highest BCUT2D eigenvalue weighted by atomic mass is 31.2. The molecule has 0 spiro atoms. The van der Waals surface area contributed by atoms with Gasteiger partial charge in [-0.15, -0.1) is 0 Å². The molecule has 0 rings (SSSR count). The topological polar surface area (TPSA) is 101 Å². The molecular formula is C10H22NO4P. The van der Waals surface area contributed by atoms with Crippen molar-refractivity contribution in [2.24, 2.45) is 11.7 Å². The maximum atomic E-state index is 11.7. The minimum Gasteiger partial charge on any atom is -0.481 e. The Labute approximate surface area is 96.5 Å². The Morgan fingerprint density at radius 1 is 1.38 bits per heavy atom. The van der Waals surface area contributed by atoms with Gasteiger partial charge in [0, 0.05) is 12.6 Å². The molecule has 16 heavy (non-hydrogen) atoms. The van der Waals surface area contributed by atoms with Gasteiger partial charge in [0.05, 0.1) is 5.78 Å². The van der Waals surface area contributed by atoms with Gasteiger partial charge in [0.15, 0.2) is 0 Å². The molecule has 2 atom stereocenters. The Balaban J connectivity index is 4.00. The second kappa shape index (κ2) is 7.05. The lowest BCUT2D eigenvalue weighted by molar-refractivity contribution is -0.137. The first kappa shape index (κ1) is 15.6. The van der Waals surface area contributed by atoms with Gasteiger partial charge in [0.1, 0.15) is 0 Å². The molecule has 0 fully saturated rings. The van der Waals surface area contributed by atoms with E-state index in [2.05, 4.69) is 0 Å². The zero-order valence-corrected chi connectivity index (χ0v) is 10.8. The first-order valence-electron chi connectivity index (χ1n) is 5.54. The molecule has 96 valence electrons. The summed E-state index contributed by atoms with van der Waals surface area (Å²) < 4.78 is 11.7. The van der Waals surface area contributed by atoms with Crippen molar-refractivity contribution in [1.29, 1.82) is 0 Å². The van der Waals surface area contributed by atoms with Crippen LogP contribution in [0.1, 0.15) is 39.5 Å². The van der Waals surface area contributed by atoms with Crippen molar-refractivity contribution in [3.63, 3.8) is 0 Å². The van der Waals surface area contributed by atoms with E-state index in [1.807, 2.05) is 13.8 Å². The summed E-state index contributed by atoms with van der Waals surface area (Å²) in [7, 11) is -3.38. The second-order valence-corrected chi connectivity index (χ2v) is 7.14. The van der Waals surface area contributed by atoms with Crippen LogP contribution in [0.4, 0.5) is 0 Å². The number of carbonyl (C=O) groups is 1. The molecule has 0 aliphatic heterocycles. The third-order valence-corrected chi connectivity index (χ3v) is 4.68. The van der Waals surface area contributed by atoms with Crippen molar-refractivity contribution < 1.29 is 19.4 Å². The third-order valence-electron chi connectivity index (χ3n) is 2.43. The average Bonchev–Trinajstić information content (AvgIpc) is 2.12. The van der Waals surface area contributed by atoms with Crippen LogP contribution >= 0.6 is 7.37 Å². The van der Waals surface area contributed by atoms with E-state index in [1.165, 1.54) is 0 Å². The molecular weight excluding hydrogens is 229 g/mol. The van der Waals surface area contributed by atoms with Gasteiger partial charge in [0.2, 0.25) is 7.37 Å². The van der Waals surface area contributed by atoms with Crippen LogP contribution in [0, 0.1) is 5.92 Å². The van der Waals surface area contributed by atoms with Gasteiger partial charge in [-0.3, -0.25) is 9.36 Å². The van der Waals surface area contributed by atoms with Crippen molar-refractivity contribution in [2.45, 2.75) is 45.3 Å². The Morgan fingerprint density at radius 3 is 2.38 bits per heavy atom. The van der Waals surface area contributed by atoms with E-state index >= 15 is 0 Å². The first-order chi connectivity index (χ1) is 7.25. The number of hydrogen-bond donors (Lipinski definition) is 3. The van der Waals surface area contributed by atoms with Crippen molar-refractivity contribution in [1.82, 2.24) is 0 Å². The molecule has 0 heterocycles. The van der Waals surface area contributed by atoms with E-state index in [0.717, 1.165) is 6.42 Å². The van der Waals surface area contributed by atoms with Gasteiger partial charge < -0.3 is 15.7 Å². The van der Waals surface area contributed by atoms with E-state index in [1.54, 1.807) is 0 Å². The molecule has 0 aromatic heterocycles. The summed E-state index contributed by atoms with van der Waals surface area (Å²) in [5, 5.41) is 8.45. The van der Waals surface area contributed by atoms with E-state index in [4.69, 9.17) is 10.8 Å². The minimum atomic E-state index is -3.38. The van der Waals surface area contributed by atoms with E-state index in [0.29, 0.717) is 12.3 Å². The number of hydrogen-bond acceptors (Lipinski definition) is 3. The van der Waals surface area contributed by atoms with Crippen molar-refractivity contribution >= 4 is 13.3 Å². The number of nitrogens with two attached hydrogens (primary N) is 1. The Bertz CT molecular complexity index is 268. The monoisotopic (exact) mass is 251 g/mol. The van der Waals surface area contributed by atoms with Crippen molar-refractivity contribution in [2.75, 3.05) is 6.16 Å². The first-order valence-corrected chi connectivity index (χ1v) is 7.46. The maximum Gasteiger partial charge on any atom is 0.303 e. The third kappa shape index (κ3) is 6.99. The van der Waals surface area contributed by atoms with Crippen LogP contribution in [0.2, 0.25) is 0 Å². The van der Waals surface area contributed by atoms with Gasteiger partial charge in [-0.25, -0.2) is 0 Å². The van der Waals surface area contributed by atoms with Gasteiger partial charge in [-0.1, -0.05) is 20.3 Å². The van der Waals surface area contributed by atoms with Crippen molar-refractivity contribution in [3.8, 4) is 0 Å². The van der Waals surface area contributed by atoms with Crippen LogP contribution in [-0.2, 0) is 9.36 Å². The molecule has 0 aliphatic carbocycles. The summed E-state index contributed by atoms with van der Waals surface area (Å²) in [6, 6.07) is 0. The lowest BCUT2D eigenvalue weighted by atomic mass is 10.1. The highest BCUT2D eigenvalue weighted by Crippen LogP contribution is 2.46. The zero-order valence-electron chi connectivity index (χ0n) is 9.93. The second-order valence-electron chi connectivity index (χ2n) is 4.52. The summed E-state index contributed by atoms with van der Waals surface area (Å²) in [5.74, 6) is -1.40. The summed E-state index contributed by atoms with van der Waals surface area (Å²) in [4.78, 5) is 20.0. The molecule has 0 amide bonds. The SMILES string of the molecule is CC(C)CCCP(=O)(O)C(N)CCC(=O)O. The molecule has 0 radical (unpaired) electrons. The normalized spacial score (nSPS) is 17.1. The lowest BCUT2D eigenvalue weighted by Gasteiger charge is -2.18. The van der Waals surface area contributed by atoms with E-state index < -0.39 is 19.1 Å². The highest BCUT2D eigenvalue weighted by molar-refractivity contribution is 7.58. The molecule has 0 aromatic rings. The molecule has 0 saturated carbocycles. The van der Waals surface area contributed by atoms with Gasteiger partial charge in [-0.05, 0) is 18.8 Å². The molecule has 0 aromatic carbocycles. The van der Waals surface area contributed by atoms with Crippen LogP contribution in [-0.4, -0.2) is 27.9 Å². The van der Waals surface area contributed by atoms with Crippen LogP contribution < -0.4 is 5.73 Å². The Hall–Kier alpha value is -0.380. The van der Waals surface area contributed by atoms with Gasteiger partial charge in [0.25, 0.3) is 0 Å². The number of rotatable bonds is 8. The Kier molecular flexibility index (Phi) is 6.88. The Morgan fingerprint density at radius 2 is 1.94 bits per heavy atom. The van der Waals surface area contributed by atoms with Crippen molar-refractivity contribution in [3.05, 3.63) is 0 Å². The van der Waals surface area contributed by atoms with Crippen LogP contribution in [0.15, 0.2) is 0 Å². The van der Waals surface area contributed by atoms with Crippen LogP contribution in [0.25, 0.3) is 0 Å². The summed E-state index contributed by atoms with van der Waals surface area (Å²) >= 11 is 0. The average molecular weight is 251 g/mol. The fourth-order valence-electron chi connectivity index (χ4n) is 1.36. The molecule has 0 bridgehead atoms. The molecule has 6 heteroatoms. The summed E-state index contributed by atoms with van der Waals surface area (Å²) in [6.45, 7) is 4.10. The summed E-state index contributed by atoms with van der Waals surface area (Å²) in [6.07, 6.45) is 1.63. The van der Waals surface area contributed by atoms with Gasteiger partial charge in [-0.2, -0.15) is 0 Å². The summed E-state index contributed by atoms with van der Waals surface area (Å²) in [5.41, 5.74) is 5.54. The standard InChI is InChI=1S/C10H22NO4P/c1-8(2)4-3-7-16(14,15)9(11)5-6-10(12)13/h8-9H,3-7,11H2,1-2H3,(H,12,13)(H,14,15). The maximum absolute atomic E-state index is 11.7. The van der Waals surface area contributed by atoms with Gasteiger partial charge >= 0.3 is 5.97 Å². The lowest BCUT2D eigenvalue weighted by Crippen LogP contribution is -2.22.